The average Bonchev–Trinajstić information content (AvgIpc) is 2.65. The molecule has 3 aromatic carbocycles. The summed E-state index contributed by atoms with van der Waals surface area (Å²) in [5.41, 5.74) is 9.05. The Labute approximate surface area is 162 Å². The summed E-state index contributed by atoms with van der Waals surface area (Å²) in [6.45, 7) is 1.93. The highest BCUT2D eigenvalue weighted by molar-refractivity contribution is 8.00. The maximum absolute atomic E-state index is 13.0. The summed E-state index contributed by atoms with van der Waals surface area (Å²) >= 11 is 7.65. The summed E-state index contributed by atoms with van der Waals surface area (Å²) in [6, 6.07) is 22.7. The number of nitrogens with two attached hydrogens (primary N) is 1. The van der Waals surface area contributed by atoms with Gasteiger partial charge in [-0.25, -0.2) is 0 Å². The highest BCUT2D eigenvalue weighted by atomic mass is 35.5. The zero-order valence-corrected chi connectivity index (χ0v) is 15.8. The number of hydrogen-bond donors (Lipinski definition) is 2. The van der Waals surface area contributed by atoms with E-state index in [1.165, 1.54) is 11.8 Å². The standard InChI is InChI=1S/C21H19ClN2OS/c1-14-7-10-17(13-19(14)22)24-21(25)20(15-5-3-2-4-6-15)26-18-11-8-16(23)9-12-18/h2-13,20H,23H2,1H3,(H,24,25). The van der Waals surface area contributed by atoms with E-state index in [2.05, 4.69) is 5.32 Å². The number of anilines is 2. The van der Waals surface area contributed by atoms with E-state index in [0.29, 0.717) is 16.4 Å². The molecule has 0 fully saturated rings. The number of halogens is 1. The lowest BCUT2D eigenvalue weighted by atomic mass is 10.1. The SMILES string of the molecule is Cc1ccc(NC(=O)C(Sc2ccc(N)cc2)c2ccccc2)cc1Cl. The van der Waals surface area contributed by atoms with Crippen molar-refractivity contribution in [3.8, 4) is 0 Å². The van der Waals surface area contributed by atoms with E-state index in [4.69, 9.17) is 17.3 Å². The number of aryl methyl sites for hydroxylation is 1. The molecular weight excluding hydrogens is 364 g/mol. The van der Waals surface area contributed by atoms with Crippen molar-refractivity contribution in [2.45, 2.75) is 17.1 Å². The fraction of sp³-hybridized carbons (Fsp3) is 0.0952. The van der Waals surface area contributed by atoms with Gasteiger partial charge in [0, 0.05) is 21.3 Å². The van der Waals surface area contributed by atoms with Crippen LogP contribution in [0.2, 0.25) is 5.02 Å². The van der Waals surface area contributed by atoms with E-state index in [0.717, 1.165) is 16.0 Å². The van der Waals surface area contributed by atoms with Gasteiger partial charge >= 0.3 is 0 Å². The molecule has 3 N–H and O–H groups in total. The van der Waals surface area contributed by atoms with Gasteiger partial charge in [0.05, 0.1) is 0 Å². The first kappa shape index (κ1) is 18.4. The highest BCUT2D eigenvalue weighted by Gasteiger charge is 2.22. The monoisotopic (exact) mass is 382 g/mol. The van der Waals surface area contributed by atoms with Gasteiger partial charge in [-0.15, -0.1) is 11.8 Å². The maximum Gasteiger partial charge on any atom is 0.242 e. The zero-order valence-electron chi connectivity index (χ0n) is 14.3. The molecule has 0 heterocycles. The average molecular weight is 383 g/mol. The predicted molar refractivity (Wildman–Crippen MR) is 111 cm³/mol. The Morgan fingerprint density at radius 2 is 1.73 bits per heavy atom. The molecule has 5 heteroatoms. The van der Waals surface area contributed by atoms with E-state index >= 15 is 0 Å². The third kappa shape index (κ3) is 4.59. The van der Waals surface area contributed by atoms with Gasteiger partial charge in [-0.05, 0) is 54.4 Å². The number of benzene rings is 3. The summed E-state index contributed by atoms with van der Waals surface area (Å²) in [5, 5.41) is 3.21. The Balaban J connectivity index is 1.85. The molecule has 132 valence electrons. The number of rotatable bonds is 5. The zero-order chi connectivity index (χ0) is 18.5. The van der Waals surface area contributed by atoms with Crippen molar-refractivity contribution in [1.82, 2.24) is 0 Å². The van der Waals surface area contributed by atoms with Crippen molar-refractivity contribution >= 4 is 40.6 Å². The molecule has 3 aromatic rings. The number of amides is 1. The van der Waals surface area contributed by atoms with Gasteiger partial charge < -0.3 is 11.1 Å². The van der Waals surface area contributed by atoms with E-state index in [1.807, 2.05) is 73.7 Å². The molecule has 0 aliphatic heterocycles. The molecule has 0 aromatic heterocycles. The van der Waals surface area contributed by atoms with Crippen LogP contribution in [-0.4, -0.2) is 5.91 Å². The van der Waals surface area contributed by atoms with Crippen LogP contribution in [0.3, 0.4) is 0 Å². The number of hydrogen-bond acceptors (Lipinski definition) is 3. The minimum atomic E-state index is -0.389. The highest BCUT2D eigenvalue weighted by Crippen LogP contribution is 2.36. The largest absolute Gasteiger partial charge is 0.399 e. The topological polar surface area (TPSA) is 55.1 Å². The first-order valence-corrected chi connectivity index (χ1v) is 9.43. The minimum Gasteiger partial charge on any atom is -0.399 e. The van der Waals surface area contributed by atoms with Gasteiger partial charge in [-0.2, -0.15) is 0 Å². The van der Waals surface area contributed by atoms with Gasteiger partial charge in [0.1, 0.15) is 5.25 Å². The van der Waals surface area contributed by atoms with Crippen LogP contribution in [0.1, 0.15) is 16.4 Å². The quantitative estimate of drug-likeness (QED) is 0.439. The maximum atomic E-state index is 13.0. The Morgan fingerprint density at radius 3 is 2.38 bits per heavy atom. The molecule has 26 heavy (non-hydrogen) atoms. The molecule has 1 unspecified atom stereocenters. The summed E-state index contributed by atoms with van der Waals surface area (Å²) in [5.74, 6) is -0.0991. The van der Waals surface area contributed by atoms with Crippen molar-refractivity contribution in [3.05, 3.63) is 88.9 Å². The second-order valence-corrected chi connectivity index (χ2v) is 7.52. The molecular formula is C21H19ClN2OS. The molecule has 0 saturated carbocycles. The van der Waals surface area contributed by atoms with Crippen LogP contribution in [0.4, 0.5) is 11.4 Å². The number of carbonyl (C=O) groups excluding carboxylic acids is 1. The van der Waals surface area contributed by atoms with Gasteiger partial charge in [0.25, 0.3) is 0 Å². The van der Waals surface area contributed by atoms with Gasteiger partial charge in [-0.3, -0.25) is 4.79 Å². The van der Waals surface area contributed by atoms with Crippen LogP contribution >= 0.6 is 23.4 Å². The molecule has 0 aliphatic rings. The van der Waals surface area contributed by atoms with E-state index in [9.17, 15) is 4.79 Å². The van der Waals surface area contributed by atoms with Crippen molar-refractivity contribution in [3.63, 3.8) is 0 Å². The van der Waals surface area contributed by atoms with E-state index < -0.39 is 0 Å². The lowest BCUT2D eigenvalue weighted by molar-refractivity contribution is -0.115. The normalized spacial score (nSPS) is 11.8. The van der Waals surface area contributed by atoms with Crippen molar-refractivity contribution in [1.29, 1.82) is 0 Å². The second kappa shape index (κ2) is 8.30. The molecule has 3 rings (SSSR count). The van der Waals surface area contributed by atoms with Crippen molar-refractivity contribution in [2.24, 2.45) is 0 Å². The Morgan fingerprint density at radius 1 is 1.04 bits per heavy atom. The van der Waals surface area contributed by atoms with Crippen molar-refractivity contribution < 1.29 is 4.79 Å². The lowest BCUT2D eigenvalue weighted by Gasteiger charge is -2.17. The molecule has 0 aliphatic carbocycles. The molecule has 1 atom stereocenters. The van der Waals surface area contributed by atoms with Crippen LogP contribution in [0.5, 0.6) is 0 Å². The number of thioether (sulfide) groups is 1. The minimum absolute atomic E-state index is 0.0991. The molecule has 3 nitrogen and oxygen atoms in total. The predicted octanol–water partition coefficient (Wildman–Crippen LogP) is 5.70. The third-order valence-electron chi connectivity index (χ3n) is 3.91. The summed E-state index contributed by atoms with van der Waals surface area (Å²) in [6.07, 6.45) is 0. The lowest BCUT2D eigenvalue weighted by Crippen LogP contribution is -2.19. The van der Waals surface area contributed by atoms with Gasteiger partial charge in [0.2, 0.25) is 5.91 Å². The third-order valence-corrected chi connectivity index (χ3v) is 5.59. The molecule has 1 amide bonds. The van der Waals surface area contributed by atoms with E-state index in [-0.39, 0.29) is 11.2 Å². The Hall–Kier alpha value is -2.43. The summed E-state index contributed by atoms with van der Waals surface area (Å²) in [7, 11) is 0. The van der Waals surface area contributed by atoms with Crippen LogP contribution in [-0.2, 0) is 4.79 Å². The number of nitrogens with one attached hydrogen (secondary N) is 1. The van der Waals surface area contributed by atoms with Gasteiger partial charge in [-0.1, -0.05) is 48.0 Å². The van der Waals surface area contributed by atoms with E-state index in [1.54, 1.807) is 6.07 Å². The molecule has 0 radical (unpaired) electrons. The fourth-order valence-electron chi connectivity index (χ4n) is 2.46. The van der Waals surface area contributed by atoms with Crippen LogP contribution in [0, 0.1) is 6.92 Å². The summed E-state index contributed by atoms with van der Waals surface area (Å²) in [4.78, 5) is 14.0. The fourth-order valence-corrected chi connectivity index (χ4v) is 3.67. The van der Waals surface area contributed by atoms with Crippen molar-refractivity contribution in [2.75, 3.05) is 11.1 Å². The first-order chi connectivity index (χ1) is 12.5. The smallest absolute Gasteiger partial charge is 0.242 e. The Kier molecular flexibility index (Phi) is 5.86. The van der Waals surface area contributed by atoms with Crippen LogP contribution in [0.15, 0.2) is 77.7 Å². The molecule has 0 saturated heterocycles. The van der Waals surface area contributed by atoms with Crippen LogP contribution < -0.4 is 11.1 Å². The number of carbonyl (C=O) groups is 1. The Bertz CT molecular complexity index is 898. The first-order valence-electron chi connectivity index (χ1n) is 8.17. The summed E-state index contributed by atoms with van der Waals surface area (Å²) < 4.78 is 0. The molecule has 0 spiro atoms. The number of nitrogen functional groups attached to an aromatic ring is 1. The van der Waals surface area contributed by atoms with Crippen LogP contribution in [0.25, 0.3) is 0 Å². The molecule has 0 bridgehead atoms. The van der Waals surface area contributed by atoms with Gasteiger partial charge in [0.15, 0.2) is 0 Å². The second-order valence-electron chi connectivity index (χ2n) is 5.93.